The van der Waals surface area contributed by atoms with Crippen molar-refractivity contribution in [2.75, 3.05) is 23.3 Å². The Labute approximate surface area is 231 Å². The summed E-state index contributed by atoms with van der Waals surface area (Å²) < 4.78 is 0. The molecule has 200 valence electrons. The Hall–Kier alpha value is -4.44. The highest BCUT2D eigenvalue weighted by molar-refractivity contribution is 5.92. The third-order valence-corrected chi connectivity index (χ3v) is 8.34. The van der Waals surface area contributed by atoms with Crippen LogP contribution in [0.3, 0.4) is 0 Å². The summed E-state index contributed by atoms with van der Waals surface area (Å²) in [7, 11) is 0. The maximum atomic E-state index is 4.91. The highest BCUT2D eigenvalue weighted by Gasteiger charge is 2.44. The average Bonchev–Trinajstić information content (AvgIpc) is 3.75. The van der Waals surface area contributed by atoms with Gasteiger partial charge in [0.05, 0.1) is 5.52 Å². The summed E-state index contributed by atoms with van der Waals surface area (Å²) in [6.07, 6.45) is 9.48. The fraction of sp³-hybridized carbons (Fsp3) is 0.333. The van der Waals surface area contributed by atoms with Gasteiger partial charge in [0.2, 0.25) is 0 Å². The number of nitrogens with zero attached hydrogens (tertiary/aromatic N) is 8. The zero-order valence-corrected chi connectivity index (χ0v) is 22.3. The number of para-hydroxylation sites is 1. The first-order chi connectivity index (χ1) is 19.7. The molecule has 4 fully saturated rings. The zero-order valence-electron chi connectivity index (χ0n) is 22.3. The summed E-state index contributed by atoms with van der Waals surface area (Å²) in [5.74, 6) is 4.59. The molecule has 9 rings (SSSR count). The number of fused-ring (bicyclic) bond motifs is 3. The van der Waals surface area contributed by atoms with Crippen LogP contribution in [0.4, 0.5) is 17.5 Å². The molecule has 3 saturated heterocycles. The number of nitrogens with one attached hydrogen (secondary N) is 2. The highest BCUT2D eigenvalue weighted by Crippen LogP contribution is 2.40. The van der Waals surface area contributed by atoms with Crippen molar-refractivity contribution in [3.8, 4) is 11.4 Å². The summed E-state index contributed by atoms with van der Waals surface area (Å²) >= 11 is 0. The van der Waals surface area contributed by atoms with E-state index in [0.717, 1.165) is 59.4 Å². The van der Waals surface area contributed by atoms with Gasteiger partial charge >= 0.3 is 0 Å². The second-order valence-corrected chi connectivity index (χ2v) is 11.2. The smallest absolute Gasteiger partial charge is 0.163 e. The van der Waals surface area contributed by atoms with Crippen LogP contribution < -0.4 is 10.2 Å². The molecule has 2 unspecified atom stereocenters. The summed E-state index contributed by atoms with van der Waals surface area (Å²) in [6.45, 7) is 4.78. The van der Waals surface area contributed by atoms with E-state index in [9.17, 15) is 0 Å². The Morgan fingerprint density at radius 3 is 2.55 bits per heavy atom. The van der Waals surface area contributed by atoms with Crippen molar-refractivity contribution in [3.05, 3.63) is 78.1 Å². The van der Waals surface area contributed by atoms with E-state index in [2.05, 4.69) is 53.5 Å². The van der Waals surface area contributed by atoms with Crippen LogP contribution in [0.2, 0.25) is 0 Å². The maximum Gasteiger partial charge on any atom is 0.163 e. The van der Waals surface area contributed by atoms with Gasteiger partial charge in [-0.15, -0.1) is 0 Å². The van der Waals surface area contributed by atoms with Crippen LogP contribution in [0.1, 0.15) is 42.3 Å². The van der Waals surface area contributed by atoms with Gasteiger partial charge in [-0.25, -0.2) is 24.9 Å². The minimum Gasteiger partial charge on any atom is -0.353 e. The van der Waals surface area contributed by atoms with Crippen LogP contribution in [-0.2, 0) is 6.54 Å². The van der Waals surface area contributed by atoms with Crippen LogP contribution in [0.5, 0.6) is 0 Å². The lowest BCUT2D eigenvalue weighted by Crippen LogP contribution is -2.68. The summed E-state index contributed by atoms with van der Waals surface area (Å²) in [5, 5.41) is 12.0. The predicted molar refractivity (Wildman–Crippen MR) is 153 cm³/mol. The number of H-pyrrole nitrogens is 1. The molecule has 0 amide bonds. The number of aromatic nitrogens is 7. The second-order valence-electron chi connectivity index (χ2n) is 11.2. The lowest BCUT2D eigenvalue weighted by atomic mass is 9.87. The van der Waals surface area contributed by atoms with E-state index in [1.165, 1.54) is 30.5 Å². The van der Waals surface area contributed by atoms with Gasteiger partial charge in [0.15, 0.2) is 11.6 Å². The third kappa shape index (κ3) is 4.34. The molecule has 40 heavy (non-hydrogen) atoms. The largest absolute Gasteiger partial charge is 0.353 e. The molecule has 4 aliphatic rings. The van der Waals surface area contributed by atoms with E-state index in [1.807, 2.05) is 49.8 Å². The number of benzene rings is 1. The molecule has 3 aliphatic heterocycles. The summed E-state index contributed by atoms with van der Waals surface area (Å²) in [5.41, 5.74) is 4.13. The van der Waals surface area contributed by atoms with Gasteiger partial charge in [-0.2, -0.15) is 5.10 Å². The number of piperidine rings is 1. The number of aromatic amines is 1. The number of piperazine rings is 1. The first kappa shape index (κ1) is 23.4. The van der Waals surface area contributed by atoms with E-state index >= 15 is 0 Å². The number of rotatable bonds is 7. The van der Waals surface area contributed by atoms with Crippen LogP contribution in [-0.4, -0.2) is 65.2 Å². The monoisotopic (exact) mass is 530 g/mol. The number of anilines is 3. The first-order valence-electron chi connectivity index (χ1n) is 14.0. The maximum absolute atomic E-state index is 4.91. The average molecular weight is 531 g/mol. The Kier molecular flexibility index (Phi) is 5.47. The van der Waals surface area contributed by atoms with Crippen molar-refractivity contribution >= 4 is 28.4 Å². The van der Waals surface area contributed by atoms with Gasteiger partial charge in [0, 0.05) is 84.5 Å². The van der Waals surface area contributed by atoms with Gasteiger partial charge < -0.3 is 10.2 Å². The molecule has 1 saturated carbocycles. The molecule has 0 radical (unpaired) electrons. The molecule has 10 heteroatoms. The Bertz CT molecular complexity index is 1660. The van der Waals surface area contributed by atoms with Crippen LogP contribution >= 0.6 is 0 Å². The molecule has 10 nitrogen and oxygen atoms in total. The van der Waals surface area contributed by atoms with Crippen molar-refractivity contribution in [2.24, 2.45) is 0 Å². The van der Waals surface area contributed by atoms with Gasteiger partial charge in [0.25, 0.3) is 0 Å². The summed E-state index contributed by atoms with van der Waals surface area (Å²) in [4.78, 5) is 28.3. The SMILES string of the molecule is Cc1ncc(CN2C3CC2CN(c2ccc(-c4nc(Nc5cc(C6CC6)[nH]n5)c5ccccc5n4)cn2)C3)cn1. The van der Waals surface area contributed by atoms with Crippen LogP contribution in [0.15, 0.2) is 61.1 Å². The minimum atomic E-state index is 0.529. The third-order valence-electron chi connectivity index (χ3n) is 8.34. The predicted octanol–water partition coefficient (Wildman–Crippen LogP) is 4.60. The lowest BCUT2D eigenvalue weighted by Gasteiger charge is -2.56. The first-order valence-corrected chi connectivity index (χ1v) is 14.0. The quantitative estimate of drug-likeness (QED) is 0.312. The van der Waals surface area contributed by atoms with Crippen molar-refractivity contribution in [1.82, 2.24) is 40.0 Å². The van der Waals surface area contributed by atoms with Crippen molar-refractivity contribution in [2.45, 2.75) is 50.7 Å². The van der Waals surface area contributed by atoms with Gasteiger partial charge in [-0.3, -0.25) is 10.00 Å². The molecular formula is C30H30N10. The number of hydrogen-bond acceptors (Lipinski definition) is 9. The molecule has 2 bridgehead atoms. The molecule has 2 atom stereocenters. The second kappa shape index (κ2) is 9.34. The molecule has 2 N–H and O–H groups in total. The Morgan fingerprint density at radius 1 is 0.950 bits per heavy atom. The molecule has 1 aromatic carbocycles. The number of aryl methyl sites for hydroxylation is 1. The molecular weight excluding hydrogens is 500 g/mol. The van der Waals surface area contributed by atoms with Gasteiger partial charge in [-0.05, 0) is 50.5 Å². The van der Waals surface area contributed by atoms with Crippen molar-refractivity contribution in [1.29, 1.82) is 0 Å². The molecule has 1 aliphatic carbocycles. The van der Waals surface area contributed by atoms with E-state index in [1.54, 1.807) is 0 Å². The molecule has 5 aromatic rings. The van der Waals surface area contributed by atoms with Gasteiger partial charge in [0.1, 0.15) is 17.5 Å². The van der Waals surface area contributed by atoms with Crippen molar-refractivity contribution in [3.63, 3.8) is 0 Å². The topological polar surface area (TPSA) is 112 Å². The van der Waals surface area contributed by atoms with Crippen LogP contribution in [0, 0.1) is 6.92 Å². The highest BCUT2D eigenvalue weighted by atomic mass is 15.4. The van der Waals surface area contributed by atoms with Gasteiger partial charge in [-0.1, -0.05) is 12.1 Å². The number of hydrogen-bond donors (Lipinski definition) is 2. The van der Waals surface area contributed by atoms with Crippen LogP contribution in [0.25, 0.3) is 22.3 Å². The Morgan fingerprint density at radius 2 is 1.77 bits per heavy atom. The summed E-state index contributed by atoms with van der Waals surface area (Å²) in [6, 6.07) is 15.4. The van der Waals surface area contributed by atoms with E-state index in [0.29, 0.717) is 23.8 Å². The standard InChI is InChI=1S/C30H30N10/c1-18-31-12-19(13-32-18)15-40-22-10-23(40)17-39(16-22)28-9-8-21(14-33-28)29-34-25-5-3-2-4-24(25)30(36-29)35-27-11-26(37-38-27)20-6-7-20/h2-5,8-9,11-14,20,22-23H,6-7,10,15-17H2,1H3,(H2,34,35,36,37,38). The molecule has 7 heterocycles. The lowest BCUT2D eigenvalue weighted by molar-refractivity contribution is -0.00884. The van der Waals surface area contributed by atoms with Crippen molar-refractivity contribution < 1.29 is 0 Å². The molecule has 0 spiro atoms. The van der Waals surface area contributed by atoms with E-state index in [-0.39, 0.29) is 0 Å². The Balaban J connectivity index is 1.00. The fourth-order valence-electron chi connectivity index (χ4n) is 5.98. The van der Waals surface area contributed by atoms with E-state index < -0.39 is 0 Å². The normalized spacial score (nSPS) is 20.5. The number of pyridine rings is 1. The van der Waals surface area contributed by atoms with E-state index in [4.69, 9.17) is 15.0 Å². The molecule has 4 aromatic heterocycles. The fourth-order valence-corrected chi connectivity index (χ4v) is 5.98. The zero-order chi connectivity index (χ0) is 26.6. The minimum absolute atomic E-state index is 0.529.